The molecule has 0 saturated carbocycles. The van der Waals surface area contributed by atoms with Crippen molar-refractivity contribution >= 4 is 10.9 Å². The molecule has 1 heterocycles. The molecule has 0 aliphatic heterocycles. The molecule has 0 bridgehead atoms. The molecule has 0 atom stereocenters. The normalized spacial score (nSPS) is 10.9. The van der Waals surface area contributed by atoms with Gasteiger partial charge in [0.2, 0.25) is 0 Å². The van der Waals surface area contributed by atoms with Gasteiger partial charge in [-0.05, 0) is 48.2 Å². The van der Waals surface area contributed by atoms with E-state index in [1.54, 1.807) is 7.11 Å². The van der Waals surface area contributed by atoms with E-state index >= 15 is 0 Å². The first kappa shape index (κ1) is 12.7. The van der Waals surface area contributed by atoms with Crippen LogP contribution in [0.3, 0.4) is 0 Å². The number of methoxy groups -OCH3 is 1. The third-order valence-corrected chi connectivity index (χ3v) is 3.67. The molecular weight excluding hydrogens is 248 g/mol. The molecule has 20 heavy (non-hydrogen) atoms. The molecule has 0 unspecified atom stereocenters. The number of rotatable bonds is 4. The van der Waals surface area contributed by atoms with E-state index in [-0.39, 0.29) is 0 Å². The summed E-state index contributed by atoms with van der Waals surface area (Å²) in [5.41, 5.74) is 3.86. The first-order valence-corrected chi connectivity index (χ1v) is 6.80. The van der Waals surface area contributed by atoms with E-state index in [2.05, 4.69) is 35.4 Å². The van der Waals surface area contributed by atoms with Crippen LogP contribution in [-0.2, 0) is 19.9 Å². The second kappa shape index (κ2) is 5.37. The van der Waals surface area contributed by atoms with Gasteiger partial charge in [-0.15, -0.1) is 0 Å². The Bertz CT molecular complexity index is 713. The largest absolute Gasteiger partial charge is 0.497 e. The minimum atomic E-state index is 0.908. The topological polar surface area (TPSA) is 27.1 Å². The maximum absolute atomic E-state index is 5.17. The molecule has 0 spiro atoms. The smallest absolute Gasteiger partial charge is 0.118 e. The predicted molar refractivity (Wildman–Crippen MR) is 81.1 cm³/mol. The summed E-state index contributed by atoms with van der Waals surface area (Å²) in [6, 6.07) is 14.8. The lowest BCUT2D eigenvalue weighted by Crippen LogP contribution is -1.93. The zero-order chi connectivity index (χ0) is 13.9. The van der Waals surface area contributed by atoms with E-state index in [1.165, 1.54) is 22.0 Å². The number of hydrogen-bond donors (Lipinski definition) is 0. The number of aryl methyl sites for hydroxylation is 3. The van der Waals surface area contributed by atoms with Crippen molar-refractivity contribution in [2.45, 2.75) is 12.8 Å². The van der Waals surface area contributed by atoms with E-state index in [9.17, 15) is 0 Å². The van der Waals surface area contributed by atoms with Crippen molar-refractivity contribution in [3.8, 4) is 5.75 Å². The fourth-order valence-corrected chi connectivity index (χ4v) is 2.45. The molecule has 3 rings (SSSR count). The molecule has 0 radical (unpaired) electrons. The monoisotopic (exact) mass is 266 g/mol. The summed E-state index contributed by atoms with van der Waals surface area (Å²) >= 11 is 0. The average molecular weight is 266 g/mol. The Morgan fingerprint density at radius 2 is 1.70 bits per heavy atom. The molecule has 0 aliphatic rings. The molecular formula is C17H18N2O. The summed E-state index contributed by atoms with van der Waals surface area (Å²) in [5, 5.41) is 5.49. The third kappa shape index (κ3) is 2.52. The van der Waals surface area contributed by atoms with E-state index < -0.39 is 0 Å². The van der Waals surface area contributed by atoms with Crippen molar-refractivity contribution in [2.75, 3.05) is 7.11 Å². The maximum atomic E-state index is 5.17. The maximum Gasteiger partial charge on any atom is 0.118 e. The van der Waals surface area contributed by atoms with Gasteiger partial charge in [0, 0.05) is 12.4 Å². The van der Waals surface area contributed by atoms with Crippen LogP contribution < -0.4 is 4.74 Å². The number of aromatic nitrogens is 2. The lowest BCUT2D eigenvalue weighted by atomic mass is 10.0. The molecule has 102 valence electrons. The highest BCUT2D eigenvalue weighted by atomic mass is 16.5. The van der Waals surface area contributed by atoms with Crippen LogP contribution in [0.4, 0.5) is 0 Å². The van der Waals surface area contributed by atoms with E-state index in [0.717, 1.165) is 18.6 Å². The summed E-state index contributed by atoms with van der Waals surface area (Å²) in [6.45, 7) is 0. The lowest BCUT2D eigenvalue weighted by molar-refractivity contribution is 0.414. The molecule has 2 aromatic carbocycles. The van der Waals surface area contributed by atoms with Gasteiger partial charge < -0.3 is 4.74 Å². The van der Waals surface area contributed by atoms with Crippen molar-refractivity contribution < 1.29 is 4.74 Å². The fourth-order valence-electron chi connectivity index (χ4n) is 2.45. The number of fused-ring (bicyclic) bond motifs is 1. The van der Waals surface area contributed by atoms with Crippen LogP contribution in [0.25, 0.3) is 10.9 Å². The van der Waals surface area contributed by atoms with Crippen molar-refractivity contribution in [1.29, 1.82) is 0 Å². The Balaban J connectivity index is 1.72. The predicted octanol–water partition coefficient (Wildman–Crippen LogP) is 3.37. The van der Waals surface area contributed by atoms with Crippen molar-refractivity contribution in [1.82, 2.24) is 9.78 Å². The number of nitrogens with zero attached hydrogens (tertiary/aromatic N) is 2. The molecule has 0 N–H and O–H groups in total. The van der Waals surface area contributed by atoms with E-state index in [1.807, 2.05) is 30.1 Å². The third-order valence-electron chi connectivity index (χ3n) is 3.67. The Kier molecular flexibility index (Phi) is 3.42. The van der Waals surface area contributed by atoms with E-state index in [0.29, 0.717) is 0 Å². The van der Waals surface area contributed by atoms with Gasteiger partial charge in [-0.2, -0.15) is 5.10 Å². The van der Waals surface area contributed by atoms with Gasteiger partial charge in [-0.25, -0.2) is 0 Å². The minimum absolute atomic E-state index is 0.908. The van der Waals surface area contributed by atoms with Gasteiger partial charge in [0.05, 0.1) is 18.8 Å². The highest BCUT2D eigenvalue weighted by molar-refractivity contribution is 5.79. The molecule has 3 aromatic rings. The van der Waals surface area contributed by atoms with Crippen LogP contribution in [0.15, 0.2) is 48.7 Å². The van der Waals surface area contributed by atoms with Gasteiger partial charge in [-0.1, -0.05) is 18.2 Å². The zero-order valence-corrected chi connectivity index (χ0v) is 11.8. The Morgan fingerprint density at radius 1 is 1.00 bits per heavy atom. The van der Waals surface area contributed by atoms with Crippen LogP contribution in [0.1, 0.15) is 11.1 Å². The molecule has 0 fully saturated rings. The van der Waals surface area contributed by atoms with Crippen LogP contribution in [0.2, 0.25) is 0 Å². The van der Waals surface area contributed by atoms with Gasteiger partial charge in [0.1, 0.15) is 5.75 Å². The number of benzene rings is 2. The Labute approximate surface area is 118 Å². The van der Waals surface area contributed by atoms with Crippen LogP contribution >= 0.6 is 0 Å². The van der Waals surface area contributed by atoms with Crippen LogP contribution in [0.5, 0.6) is 5.75 Å². The summed E-state index contributed by atoms with van der Waals surface area (Å²) < 4.78 is 7.08. The summed E-state index contributed by atoms with van der Waals surface area (Å²) in [5.74, 6) is 0.908. The highest BCUT2D eigenvalue weighted by Crippen LogP contribution is 2.17. The van der Waals surface area contributed by atoms with Gasteiger partial charge in [-0.3, -0.25) is 4.68 Å². The number of ether oxygens (including phenoxy) is 1. The standard InChI is InChI=1S/C17H18N2O/c1-19-17-10-7-14(11-15(17)12-18-19)4-3-13-5-8-16(20-2)9-6-13/h5-12H,3-4H2,1-2H3. The minimum Gasteiger partial charge on any atom is -0.497 e. The zero-order valence-electron chi connectivity index (χ0n) is 11.8. The van der Waals surface area contributed by atoms with Crippen molar-refractivity contribution in [3.63, 3.8) is 0 Å². The fraction of sp³-hybridized carbons (Fsp3) is 0.235. The van der Waals surface area contributed by atoms with Crippen molar-refractivity contribution in [3.05, 3.63) is 59.8 Å². The van der Waals surface area contributed by atoms with Crippen LogP contribution in [0, 0.1) is 0 Å². The van der Waals surface area contributed by atoms with Gasteiger partial charge in [0.25, 0.3) is 0 Å². The first-order valence-electron chi connectivity index (χ1n) is 6.80. The summed E-state index contributed by atoms with van der Waals surface area (Å²) in [6.07, 6.45) is 4.00. The van der Waals surface area contributed by atoms with Crippen molar-refractivity contribution in [2.24, 2.45) is 7.05 Å². The summed E-state index contributed by atoms with van der Waals surface area (Å²) in [7, 11) is 3.66. The van der Waals surface area contributed by atoms with E-state index in [4.69, 9.17) is 4.74 Å². The SMILES string of the molecule is COc1ccc(CCc2ccc3c(cnn3C)c2)cc1. The second-order valence-electron chi connectivity index (χ2n) is 5.01. The Morgan fingerprint density at radius 3 is 2.45 bits per heavy atom. The lowest BCUT2D eigenvalue weighted by Gasteiger charge is -2.04. The van der Waals surface area contributed by atoms with Crippen LogP contribution in [-0.4, -0.2) is 16.9 Å². The average Bonchev–Trinajstić information content (AvgIpc) is 2.87. The molecule has 0 aliphatic carbocycles. The molecule has 3 nitrogen and oxygen atoms in total. The highest BCUT2D eigenvalue weighted by Gasteiger charge is 2.02. The van der Waals surface area contributed by atoms with Gasteiger partial charge in [0.15, 0.2) is 0 Å². The second-order valence-corrected chi connectivity index (χ2v) is 5.01. The molecule has 1 aromatic heterocycles. The number of hydrogen-bond acceptors (Lipinski definition) is 2. The quantitative estimate of drug-likeness (QED) is 0.724. The Hall–Kier alpha value is -2.29. The van der Waals surface area contributed by atoms with Gasteiger partial charge >= 0.3 is 0 Å². The molecule has 3 heteroatoms. The first-order chi connectivity index (χ1) is 9.76. The summed E-state index contributed by atoms with van der Waals surface area (Å²) in [4.78, 5) is 0. The molecule has 0 saturated heterocycles. The molecule has 0 amide bonds.